The normalized spacial score (nSPS) is 10.3. The Bertz CT molecular complexity index is 954. The third-order valence-corrected chi connectivity index (χ3v) is 4.16. The summed E-state index contributed by atoms with van der Waals surface area (Å²) in [6.07, 6.45) is 0. The van der Waals surface area contributed by atoms with E-state index < -0.39 is 0 Å². The van der Waals surface area contributed by atoms with Crippen LogP contribution in [-0.2, 0) is 4.74 Å². The summed E-state index contributed by atoms with van der Waals surface area (Å²) in [5.41, 5.74) is 7.00. The number of aromatic nitrogens is 1. The third kappa shape index (κ3) is 4.14. The lowest BCUT2D eigenvalue weighted by Gasteiger charge is -2.12. The molecule has 0 radical (unpaired) electrons. The SMILES string of the molecule is CCOC(=O)c1ccc2[nH+]c(C)cc(Nc3ccc(C)cc3C)c2c1.[Cl-]. The van der Waals surface area contributed by atoms with Gasteiger partial charge in [-0.2, -0.15) is 0 Å². The first-order valence-electron chi connectivity index (χ1n) is 8.46. The maximum Gasteiger partial charge on any atom is 0.338 e. The number of carbonyl (C=O) groups excluding carboxylic acids is 1. The van der Waals surface area contributed by atoms with Gasteiger partial charge in [-0.05, 0) is 44.5 Å². The first kappa shape index (κ1) is 19.7. The molecule has 0 aliphatic carbocycles. The number of carbonyl (C=O) groups is 1. The van der Waals surface area contributed by atoms with Gasteiger partial charge in [0.15, 0.2) is 5.69 Å². The van der Waals surface area contributed by atoms with Crippen molar-refractivity contribution in [2.45, 2.75) is 27.7 Å². The van der Waals surface area contributed by atoms with Gasteiger partial charge in [-0.25, -0.2) is 9.78 Å². The first-order chi connectivity index (χ1) is 12.0. The van der Waals surface area contributed by atoms with E-state index in [4.69, 9.17) is 4.74 Å². The molecule has 0 bridgehead atoms. The number of hydrogen-bond acceptors (Lipinski definition) is 3. The Morgan fingerprint density at radius 2 is 1.81 bits per heavy atom. The van der Waals surface area contributed by atoms with Crippen molar-refractivity contribution in [1.82, 2.24) is 0 Å². The van der Waals surface area contributed by atoms with E-state index in [0.717, 1.165) is 28.0 Å². The molecule has 3 aromatic rings. The molecule has 3 rings (SSSR count). The fraction of sp³-hybridized carbons (Fsp3) is 0.238. The number of nitrogens with one attached hydrogen (secondary N) is 2. The molecular formula is C21H23ClN2O2. The van der Waals surface area contributed by atoms with Gasteiger partial charge in [0.25, 0.3) is 0 Å². The van der Waals surface area contributed by atoms with Crippen LogP contribution in [0.5, 0.6) is 0 Å². The fourth-order valence-electron chi connectivity index (χ4n) is 2.96. The Kier molecular flexibility index (Phi) is 6.22. The minimum Gasteiger partial charge on any atom is -1.00 e. The molecular weight excluding hydrogens is 348 g/mol. The van der Waals surface area contributed by atoms with Gasteiger partial charge in [0.05, 0.1) is 23.2 Å². The second kappa shape index (κ2) is 8.19. The van der Waals surface area contributed by atoms with Crippen LogP contribution in [0.3, 0.4) is 0 Å². The van der Waals surface area contributed by atoms with Crippen molar-refractivity contribution in [3.63, 3.8) is 0 Å². The monoisotopic (exact) mass is 370 g/mol. The Balaban J connectivity index is 0.00000243. The van der Waals surface area contributed by atoms with E-state index in [1.165, 1.54) is 11.1 Å². The van der Waals surface area contributed by atoms with Crippen LogP contribution in [0, 0.1) is 20.8 Å². The first-order valence-corrected chi connectivity index (χ1v) is 8.46. The summed E-state index contributed by atoms with van der Waals surface area (Å²) in [6, 6.07) is 13.9. The predicted octanol–water partition coefficient (Wildman–Crippen LogP) is 1.50. The van der Waals surface area contributed by atoms with Crippen molar-refractivity contribution in [3.05, 3.63) is 64.8 Å². The van der Waals surface area contributed by atoms with Crippen molar-refractivity contribution in [3.8, 4) is 0 Å². The van der Waals surface area contributed by atoms with Gasteiger partial charge in [0.2, 0.25) is 5.52 Å². The van der Waals surface area contributed by atoms with Crippen molar-refractivity contribution >= 4 is 28.2 Å². The number of ether oxygens (including phenoxy) is 1. The summed E-state index contributed by atoms with van der Waals surface area (Å²) in [7, 11) is 0. The number of H-pyrrole nitrogens is 1. The Hall–Kier alpha value is -2.59. The molecule has 0 saturated heterocycles. The number of rotatable bonds is 4. The summed E-state index contributed by atoms with van der Waals surface area (Å²) >= 11 is 0. The average molecular weight is 371 g/mol. The molecule has 0 aliphatic heterocycles. The zero-order valence-electron chi connectivity index (χ0n) is 15.4. The molecule has 136 valence electrons. The highest BCUT2D eigenvalue weighted by molar-refractivity contribution is 5.98. The molecule has 0 fully saturated rings. The number of fused-ring (bicyclic) bond motifs is 1. The van der Waals surface area contributed by atoms with Crippen LogP contribution in [0.2, 0.25) is 0 Å². The lowest BCUT2D eigenvalue weighted by Crippen LogP contribution is -3.00. The highest BCUT2D eigenvalue weighted by Gasteiger charge is 2.14. The van der Waals surface area contributed by atoms with E-state index in [-0.39, 0.29) is 18.4 Å². The van der Waals surface area contributed by atoms with Crippen molar-refractivity contribution in [2.24, 2.45) is 0 Å². The number of aromatic amines is 1. The van der Waals surface area contributed by atoms with Crippen molar-refractivity contribution < 1.29 is 26.9 Å². The predicted molar refractivity (Wildman–Crippen MR) is 100 cm³/mol. The number of benzene rings is 2. The number of esters is 1. The standard InChI is InChI=1S/C21H22N2O2.ClH/c1-5-25-21(24)16-7-9-19-17(12-16)20(11-15(4)22-19)23-18-8-6-13(2)10-14(18)3;/h6-12H,5H2,1-4H3,(H,22,23);1H. The van der Waals surface area contributed by atoms with Crippen LogP contribution in [0.1, 0.15) is 34.1 Å². The van der Waals surface area contributed by atoms with Crippen molar-refractivity contribution in [1.29, 1.82) is 0 Å². The maximum absolute atomic E-state index is 12.1. The van der Waals surface area contributed by atoms with Gasteiger partial charge in [0.1, 0.15) is 0 Å². The van der Waals surface area contributed by atoms with E-state index in [9.17, 15) is 4.79 Å². The lowest BCUT2D eigenvalue weighted by atomic mass is 10.1. The van der Waals surface area contributed by atoms with Gasteiger partial charge < -0.3 is 22.5 Å². The summed E-state index contributed by atoms with van der Waals surface area (Å²) in [4.78, 5) is 15.4. The Labute approximate surface area is 160 Å². The highest BCUT2D eigenvalue weighted by atomic mass is 35.5. The van der Waals surface area contributed by atoms with Crippen LogP contribution in [0.4, 0.5) is 11.4 Å². The van der Waals surface area contributed by atoms with Gasteiger partial charge in [-0.3, -0.25) is 0 Å². The number of aryl methyl sites for hydroxylation is 3. The van der Waals surface area contributed by atoms with Crippen LogP contribution in [0.15, 0.2) is 42.5 Å². The molecule has 1 heterocycles. The maximum atomic E-state index is 12.1. The zero-order chi connectivity index (χ0) is 18.0. The molecule has 2 N–H and O–H groups in total. The lowest BCUT2D eigenvalue weighted by molar-refractivity contribution is -0.354. The molecule has 2 aromatic carbocycles. The number of pyridine rings is 1. The van der Waals surface area contributed by atoms with Crippen LogP contribution in [-0.4, -0.2) is 12.6 Å². The van der Waals surface area contributed by atoms with E-state index >= 15 is 0 Å². The van der Waals surface area contributed by atoms with Gasteiger partial charge in [-0.1, -0.05) is 17.7 Å². The number of halogens is 1. The molecule has 1 aromatic heterocycles. The molecule has 0 spiro atoms. The van der Waals surface area contributed by atoms with E-state index in [0.29, 0.717) is 12.2 Å². The van der Waals surface area contributed by atoms with E-state index in [1.54, 1.807) is 6.07 Å². The van der Waals surface area contributed by atoms with E-state index in [1.807, 2.05) is 26.0 Å². The van der Waals surface area contributed by atoms with E-state index in [2.05, 4.69) is 48.4 Å². The molecule has 26 heavy (non-hydrogen) atoms. The van der Waals surface area contributed by atoms with Gasteiger partial charge >= 0.3 is 5.97 Å². The molecule has 0 aliphatic rings. The minimum absolute atomic E-state index is 0. The highest BCUT2D eigenvalue weighted by Crippen LogP contribution is 2.28. The zero-order valence-corrected chi connectivity index (χ0v) is 16.2. The molecule has 0 amide bonds. The number of anilines is 2. The largest absolute Gasteiger partial charge is 1.00 e. The second-order valence-corrected chi connectivity index (χ2v) is 6.29. The second-order valence-electron chi connectivity index (χ2n) is 6.29. The Morgan fingerprint density at radius 1 is 1.04 bits per heavy atom. The Morgan fingerprint density at radius 3 is 2.50 bits per heavy atom. The van der Waals surface area contributed by atoms with Crippen LogP contribution >= 0.6 is 0 Å². The molecule has 0 saturated carbocycles. The summed E-state index contributed by atoms with van der Waals surface area (Å²) in [6.45, 7) is 8.36. The smallest absolute Gasteiger partial charge is 0.338 e. The quantitative estimate of drug-likeness (QED) is 0.708. The summed E-state index contributed by atoms with van der Waals surface area (Å²) in [5.74, 6) is -0.303. The topological polar surface area (TPSA) is 52.5 Å². The third-order valence-electron chi connectivity index (χ3n) is 4.16. The van der Waals surface area contributed by atoms with Crippen LogP contribution < -0.4 is 22.7 Å². The van der Waals surface area contributed by atoms with Crippen molar-refractivity contribution in [2.75, 3.05) is 11.9 Å². The molecule has 0 atom stereocenters. The molecule has 4 nitrogen and oxygen atoms in total. The molecule has 0 unspecified atom stereocenters. The van der Waals surface area contributed by atoms with Gasteiger partial charge in [0, 0.05) is 24.7 Å². The fourth-order valence-corrected chi connectivity index (χ4v) is 2.96. The summed E-state index contributed by atoms with van der Waals surface area (Å²) in [5, 5.41) is 4.46. The van der Waals surface area contributed by atoms with Gasteiger partial charge in [-0.15, -0.1) is 0 Å². The number of hydrogen-bond donors (Lipinski definition) is 1. The minimum atomic E-state index is -0.303. The average Bonchev–Trinajstić information content (AvgIpc) is 2.57. The molecule has 5 heteroatoms. The van der Waals surface area contributed by atoms with Crippen LogP contribution in [0.25, 0.3) is 10.9 Å². The summed E-state index contributed by atoms with van der Waals surface area (Å²) < 4.78 is 5.12.